The van der Waals surface area contributed by atoms with Gasteiger partial charge in [0.15, 0.2) is 9.84 Å². The molecule has 0 atom stereocenters. The highest BCUT2D eigenvalue weighted by molar-refractivity contribution is 7.90. The van der Waals surface area contributed by atoms with Crippen molar-refractivity contribution in [3.8, 4) is 11.4 Å². The Labute approximate surface area is 187 Å². The maximum Gasteiger partial charge on any atom is 0.258 e. The minimum Gasteiger partial charge on any atom is -0.492 e. The van der Waals surface area contributed by atoms with Gasteiger partial charge in [-0.3, -0.25) is 4.79 Å². The summed E-state index contributed by atoms with van der Waals surface area (Å²) in [5, 5.41) is 4.67. The van der Waals surface area contributed by atoms with Crippen molar-refractivity contribution in [2.24, 2.45) is 5.92 Å². The fourth-order valence-electron chi connectivity index (χ4n) is 3.89. The molecule has 2 aliphatic rings. The summed E-state index contributed by atoms with van der Waals surface area (Å²) < 4.78 is 31.9. The van der Waals surface area contributed by atoms with Crippen LogP contribution in [0.15, 0.2) is 53.6 Å². The molecule has 1 saturated carbocycles. The van der Waals surface area contributed by atoms with E-state index < -0.39 is 9.84 Å². The minimum atomic E-state index is -3.44. The molecular weight excluding hydrogens is 426 g/mol. The number of carbonyl (C=O) groups excluding carboxylic acids is 1. The van der Waals surface area contributed by atoms with Gasteiger partial charge in [0.1, 0.15) is 5.75 Å². The van der Waals surface area contributed by atoms with Gasteiger partial charge in [-0.2, -0.15) is 5.10 Å². The zero-order chi connectivity index (χ0) is 22.5. The maximum atomic E-state index is 13.4. The molecule has 166 valence electrons. The molecule has 0 unspecified atom stereocenters. The second-order valence-corrected chi connectivity index (χ2v) is 10.7. The number of amides is 1. The molecule has 5 rings (SSSR count). The van der Waals surface area contributed by atoms with Crippen molar-refractivity contribution >= 4 is 15.7 Å². The number of rotatable bonds is 6. The van der Waals surface area contributed by atoms with Gasteiger partial charge in [-0.05, 0) is 61.6 Å². The lowest BCUT2D eigenvalue weighted by molar-refractivity contribution is 0.0744. The van der Waals surface area contributed by atoms with Crippen molar-refractivity contribution in [2.45, 2.75) is 37.8 Å². The first-order chi connectivity index (χ1) is 15.3. The van der Waals surface area contributed by atoms with E-state index in [9.17, 15) is 13.2 Å². The lowest BCUT2D eigenvalue weighted by atomic mass is 10.1. The summed E-state index contributed by atoms with van der Waals surface area (Å²) >= 11 is 0. The SMILES string of the molecule is Cc1cccc(-n2cc3c(n2)CN(C(=O)c2cc(S(C)(=O)=O)ccc2OCC2CC2)C3)c1. The van der Waals surface area contributed by atoms with Gasteiger partial charge < -0.3 is 9.64 Å². The quantitative estimate of drug-likeness (QED) is 0.573. The number of carbonyl (C=O) groups is 1. The molecular formula is C24H25N3O4S. The van der Waals surface area contributed by atoms with Gasteiger partial charge in [-0.25, -0.2) is 13.1 Å². The second kappa shape index (κ2) is 7.78. The monoisotopic (exact) mass is 451 g/mol. The van der Waals surface area contributed by atoms with E-state index in [1.54, 1.807) is 11.0 Å². The molecule has 1 fully saturated rings. The summed E-state index contributed by atoms with van der Waals surface area (Å²) in [4.78, 5) is 15.2. The number of hydrogen-bond acceptors (Lipinski definition) is 5. The molecule has 0 radical (unpaired) electrons. The Morgan fingerprint density at radius 1 is 1.16 bits per heavy atom. The molecule has 2 heterocycles. The van der Waals surface area contributed by atoms with Crippen molar-refractivity contribution in [1.82, 2.24) is 14.7 Å². The number of benzene rings is 2. The zero-order valence-corrected chi connectivity index (χ0v) is 18.9. The van der Waals surface area contributed by atoms with E-state index >= 15 is 0 Å². The van der Waals surface area contributed by atoms with Crippen molar-refractivity contribution in [2.75, 3.05) is 12.9 Å². The lowest BCUT2D eigenvalue weighted by Gasteiger charge is -2.19. The zero-order valence-electron chi connectivity index (χ0n) is 18.1. The Kier molecular flexibility index (Phi) is 5.04. The predicted molar refractivity (Wildman–Crippen MR) is 120 cm³/mol. The number of fused-ring (bicyclic) bond motifs is 1. The number of hydrogen-bond donors (Lipinski definition) is 0. The highest BCUT2D eigenvalue weighted by Crippen LogP contribution is 2.33. The standard InChI is InChI=1S/C24H25N3O4S/c1-16-4-3-5-19(10-16)27-13-18-12-26(14-22(18)25-27)24(28)21-11-20(32(2,29)30)8-9-23(21)31-15-17-6-7-17/h3-5,8-11,13,17H,6-7,12,14-15H2,1-2H3. The van der Waals surface area contributed by atoms with E-state index in [-0.39, 0.29) is 16.4 Å². The Morgan fingerprint density at radius 3 is 2.66 bits per heavy atom. The molecule has 32 heavy (non-hydrogen) atoms. The molecule has 8 heteroatoms. The highest BCUT2D eigenvalue weighted by Gasteiger charge is 2.30. The number of nitrogens with zero attached hydrogens (tertiary/aromatic N) is 3. The van der Waals surface area contributed by atoms with Crippen LogP contribution >= 0.6 is 0 Å². The van der Waals surface area contributed by atoms with Crippen LogP contribution < -0.4 is 4.74 Å². The summed E-state index contributed by atoms with van der Waals surface area (Å²) in [5.74, 6) is 0.705. The van der Waals surface area contributed by atoms with Crippen molar-refractivity contribution < 1.29 is 17.9 Å². The highest BCUT2D eigenvalue weighted by atomic mass is 32.2. The van der Waals surface area contributed by atoms with Gasteiger partial charge in [-0.1, -0.05) is 12.1 Å². The summed E-state index contributed by atoms with van der Waals surface area (Å²) in [6.07, 6.45) is 5.35. The topological polar surface area (TPSA) is 81.5 Å². The third kappa shape index (κ3) is 4.14. The molecule has 3 aromatic rings. The average Bonchev–Trinajstić information content (AvgIpc) is 3.36. The fourth-order valence-corrected chi connectivity index (χ4v) is 4.54. The van der Waals surface area contributed by atoms with Gasteiger partial charge >= 0.3 is 0 Å². The van der Waals surface area contributed by atoms with Gasteiger partial charge in [-0.15, -0.1) is 0 Å². The number of aromatic nitrogens is 2. The van der Waals surface area contributed by atoms with Crippen LogP contribution in [0.3, 0.4) is 0 Å². The Bertz CT molecular complexity index is 1290. The first kappa shape index (κ1) is 20.8. The van der Waals surface area contributed by atoms with E-state index in [1.165, 1.54) is 12.1 Å². The van der Waals surface area contributed by atoms with Crippen LogP contribution in [0.5, 0.6) is 5.75 Å². The van der Waals surface area contributed by atoms with E-state index in [0.717, 1.165) is 41.6 Å². The van der Waals surface area contributed by atoms with E-state index in [2.05, 4.69) is 11.2 Å². The first-order valence-corrected chi connectivity index (χ1v) is 12.6. The average molecular weight is 452 g/mol. The molecule has 1 aliphatic carbocycles. The third-order valence-corrected chi connectivity index (χ3v) is 7.02. The van der Waals surface area contributed by atoms with Crippen molar-refractivity contribution in [3.63, 3.8) is 0 Å². The van der Waals surface area contributed by atoms with E-state index in [0.29, 0.717) is 31.4 Å². The number of ether oxygens (including phenoxy) is 1. The largest absolute Gasteiger partial charge is 0.492 e. The first-order valence-electron chi connectivity index (χ1n) is 10.7. The summed E-state index contributed by atoms with van der Waals surface area (Å²) in [5.41, 5.74) is 4.25. The number of sulfone groups is 1. The minimum absolute atomic E-state index is 0.112. The maximum absolute atomic E-state index is 13.4. The molecule has 0 N–H and O–H groups in total. The van der Waals surface area contributed by atoms with Crippen LogP contribution in [-0.2, 0) is 22.9 Å². The molecule has 0 saturated heterocycles. The van der Waals surface area contributed by atoms with Crippen LogP contribution in [-0.4, -0.2) is 41.9 Å². The van der Waals surface area contributed by atoms with Crippen LogP contribution in [0.4, 0.5) is 0 Å². The lowest BCUT2D eigenvalue weighted by Crippen LogP contribution is -2.27. The van der Waals surface area contributed by atoms with Gasteiger partial charge in [0.25, 0.3) is 5.91 Å². The van der Waals surface area contributed by atoms with E-state index in [4.69, 9.17) is 4.74 Å². The normalized spacial score (nSPS) is 15.6. The van der Waals surface area contributed by atoms with Crippen LogP contribution in [0.2, 0.25) is 0 Å². The Balaban J connectivity index is 1.39. The summed E-state index contributed by atoms with van der Waals surface area (Å²) in [6.45, 7) is 3.37. The van der Waals surface area contributed by atoms with Crippen LogP contribution in [0.1, 0.15) is 40.0 Å². The van der Waals surface area contributed by atoms with E-state index in [1.807, 2.05) is 36.0 Å². The molecule has 1 aliphatic heterocycles. The van der Waals surface area contributed by atoms with Crippen molar-refractivity contribution in [1.29, 1.82) is 0 Å². The fraction of sp³-hybridized carbons (Fsp3) is 0.333. The molecule has 7 nitrogen and oxygen atoms in total. The summed E-state index contributed by atoms with van der Waals surface area (Å²) in [6, 6.07) is 12.6. The van der Waals surface area contributed by atoms with Gasteiger partial charge in [0, 0.05) is 24.6 Å². The molecule has 1 aromatic heterocycles. The van der Waals surface area contributed by atoms with Crippen LogP contribution in [0.25, 0.3) is 5.69 Å². The van der Waals surface area contributed by atoms with Crippen LogP contribution in [0, 0.1) is 12.8 Å². The third-order valence-electron chi connectivity index (χ3n) is 5.91. The van der Waals surface area contributed by atoms with Gasteiger partial charge in [0.05, 0.1) is 35.0 Å². The Hall–Kier alpha value is -3.13. The molecule has 1 amide bonds. The second-order valence-electron chi connectivity index (χ2n) is 8.73. The Morgan fingerprint density at radius 2 is 1.97 bits per heavy atom. The summed E-state index contributed by atoms with van der Waals surface area (Å²) in [7, 11) is -3.44. The smallest absolute Gasteiger partial charge is 0.258 e. The van der Waals surface area contributed by atoms with Gasteiger partial charge in [0.2, 0.25) is 0 Å². The number of aryl methyl sites for hydroxylation is 1. The molecule has 0 bridgehead atoms. The molecule has 2 aromatic carbocycles. The predicted octanol–water partition coefficient (Wildman–Crippen LogP) is 3.53. The van der Waals surface area contributed by atoms with Crippen molar-refractivity contribution in [3.05, 3.63) is 71.0 Å². The molecule has 0 spiro atoms.